The average molecular weight is 331 g/mol. The molecule has 116 valence electrons. The molecule has 0 saturated heterocycles. The van der Waals surface area contributed by atoms with Gasteiger partial charge in [0.15, 0.2) is 0 Å². The van der Waals surface area contributed by atoms with Gasteiger partial charge in [-0.3, -0.25) is 10.1 Å². The molecule has 0 spiro atoms. The van der Waals surface area contributed by atoms with E-state index in [0.29, 0.717) is 16.1 Å². The third kappa shape index (κ3) is 3.76. The van der Waals surface area contributed by atoms with Gasteiger partial charge in [-0.2, -0.15) is 0 Å². The Kier molecular flexibility index (Phi) is 4.39. The zero-order valence-electron chi connectivity index (χ0n) is 11.9. The molecule has 23 heavy (non-hydrogen) atoms. The smallest absolute Gasteiger partial charge is 0.239 e. The van der Waals surface area contributed by atoms with Gasteiger partial charge in [-0.1, -0.05) is 41.0 Å². The maximum Gasteiger partial charge on any atom is 0.239 e. The van der Waals surface area contributed by atoms with Gasteiger partial charge in [0.2, 0.25) is 11.8 Å². The molecule has 0 atom stereocenters. The SMILES string of the molecule is O=C(Cc1ccc(F)cc1)Nc1oncc1-c1ccc(Cl)cc1. The quantitative estimate of drug-likeness (QED) is 0.775. The molecule has 0 saturated carbocycles. The second-order valence-electron chi connectivity index (χ2n) is 4.93. The number of rotatable bonds is 4. The number of benzene rings is 2. The van der Waals surface area contributed by atoms with E-state index >= 15 is 0 Å². The summed E-state index contributed by atoms with van der Waals surface area (Å²) < 4.78 is 18.0. The predicted octanol–water partition coefficient (Wildman–Crippen LogP) is 4.32. The highest BCUT2D eigenvalue weighted by Crippen LogP contribution is 2.28. The van der Waals surface area contributed by atoms with Crippen molar-refractivity contribution >= 4 is 23.4 Å². The normalized spacial score (nSPS) is 10.5. The van der Waals surface area contributed by atoms with Gasteiger partial charge in [0.1, 0.15) is 5.82 Å². The Morgan fingerprint density at radius 3 is 2.52 bits per heavy atom. The van der Waals surface area contributed by atoms with E-state index in [4.69, 9.17) is 16.1 Å². The molecule has 0 fully saturated rings. The predicted molar refractivity (Wildman–Crippen MR) is 85.7 cm³/mol. The summed E-state index contributed by atoms with van der Waals surface area (Å²) >= 11 is 5.86. The van der Waals surface area contributed by atoms with Crippen LogP contribution < -0.4 is 5.32 Å². The number of carbonyl (C=O) groups is 1. The summed E-state index contributed by atoms with van der Waals surface area (Å²) in [6.45, 7) is 0. The van der Waals surface area contributed by atoms with Crippen LogP contribution in [-0.4, -0.2) is 11.1 Å². The maximum absolute atomic E-state index is 12.9. The summed E-state index contributed by atoms with van der Waals surface area (Å²) in [7, 11) is 0. The lowest BCUT2D eigenvalue weighted by atomic mass is 10.1. The molecular formula is C17H12ClFN2O2. The number of halogens is 2. The van der Waals surface area contributed by atoms with Crippen molar-refractivity contribution in [2.24, 2.45) is 0 Å². The molecule has 0 radical (unpaired) electrons. The molecule has 3 rings (SSSR count). The van der Waals surface area contributed by atoms with Gasteiger partial charge in [0, 0.05) is 5.02 Å². The molecule has 1 heterocycles. The van der Waals surface area contributed by atoms with E-state index < -0.39 is 0 Å². The first kappa shape index (κ1) is 15.2. The Morgan fingerprint density at radius 1 is 1.13 bits per heavy atom. The highest BCUT2D eigenvalue weighted by Gasteiger charge is 2.14. The van der Waals surface area contributed by atoms with Crippen LogP contribution in [0.15, 0.2) is 59.3 Å². The van der Waals surface area contributed by atoms with E-state index in [1.54, 1.807) is 24.3 Å². The Bertz CT molecular complexity index is 813. The minimum atomic E-state index is -0.339. The third-order valence-electron chi connectivity index (χ3n) is 3.26. The maximum atomic E-state index is 12.9. The fourth-order valence-corrected chi connectivity index (χ4v) is 2.25. The zero-order valence-corrected chi connectivity index (χ0v) is 12.7. The Morgan fingerprint density at radius 2 is 1.83 bits per heavy atom. The second-order valence-corrected chi connectivity index (χ2v) is 5.36. The Balaban J connectivity index is 1.73. The van der Waals surface area contributed by atoms with E-state index in [2.05, 4.69) is 10.5 Å². The van der Waals surface area contributed by atoms with Crippen molar-refractivity contribution in [2.45, 2.75) is 6.42 Å². The first-order chi connectivity index (χ1) is 11.1. The van der Waals surface area contributed by atoms with Gasteiger partial charge in [0.05, 0.1) is 18.2 Å². The lowest BCUT2D eigenvalue weighted by Gasteiger charge is -2.05. The molecule has 0 aliphatic heterocycles. The van der Waals surface area contributed by atoms with Gasteiger partial charge < -0.3 is 4.52 Å². The molecule has 2 aromatic carbocycles. The molecule has 0 aliphatic rings. The van der Waals surface area contributed by atoms with Gasteiger partial charge in [-0.25, -0.2) is 4.39 Å². The molecule has 0 bridgehead atoms. The second kappa shape index (κ2) is 6.62. The number of hydrogen-bond acceptors (Lipinski definition) is 3. The minimum Gasteiger partial charge on any atom is -0.338 e. The topological polar surface area (TPSA) is 55.1 Å². The Labute approximate surface area is 136 Å². The summed E-state index contributed by atoms with van der Waals surface area (Å²) in [6.07, 6.45) is 1.64. The zero-order chi connectivity index (χ0) is 16.2. The first-order valence-electron chi connectivity index (χ1n) is 6.87. The number of amides is 1. The highest BCUT2D eigenvalue weighted by atomic mass is 35.5. The summed E-state index contributed by atoms with van der Waals surface area (Å²) in [5.41, 5.74) is 2.19. The first-order valence-corrected chi connectivity index (χ1v) is 7.24. The fourth-order valence-electron chi connectivity index (χ4n) is 2.12. The van der Waals surface area contributed by atoms with Crippen LogP contribution in [0.4, 0.5) is 10.3 Å². The van der Waals surface area contributed by atoms with Crippen LogP contribution in [0.1, 0.15) is 5.56 Å². The number of nitrogens with zero attached hydrogens (tertiary/aromatic N) is 1. The average Bonchev–Trinajstić information content (AvgIpc) is 2.98. The summed E-state index contributed by atoms with van der Waals surface area (Å²) in [6, 6.07) is 12.9. The number of aromatic nitrogens is 1. The highest BCUT2D eigenvalue weighted by molar-refractivity contribution is 6.30. The van der Waals surface area contributed by atoms with Crippen molar-refractivity contribution in [2.75, 3.05) is 5.32 Å². The van der Waals surface area contributed by atoms with E-state index in [0.717, 1.165) is 5.56 Å². The van der Waals surface area contributed by atoms with Crippen molar-refractivity contribution in [3.05, 3.63) is 71.1 Å². The number of anilines is 1. The van der Waals surface area contributed by atoms with Crippen molar-refractivity contribution < 1.29 is 13.7 Å². The molecule has 0 unspecified atom stereocenters. The third-order valence-corrected chi connectivity index (χ3v) is 3.51. The van der Waals surface area contributed by atoms with Gasteiger partial charge >= 0.3 is 0 Å². The number of hydrogen-bond donors (Lipinski definition) is 1. The molecule has 3 aromatic rings. The van der Waals surface area contributed by atoms with Crippen LogP contribution in [-0.2, 0) is 11.2 Å². The monoisotopic (exact) mass is 330 g/mol. The van der Waals surface area contributed by atoms with Crippen LogP contribution in [0.25, 0.3) is 11.1 Å². The van der Waals surface area contributed by atoms with E-state index in [1.165, 1.54) is 18.3 Å². The molecule has 0 aliphatic carbocycles. The van der Waals surface area contributed by atoms with Crippen LogP contribution in [0.2, 0.25) is 5.02 Å². The van der Waals surface area contributed by atoms with E-state index in [-0.39, 0.29) is 24.0 Å². The lowest BCUT2D eigenvalue weighted by molar-refractivity contribution is -0.115. The van der Waals surface area contributed by atoms with Crippen molar-refractivity contribution in [3.63, 3.8) is 0 Å². The fraction of sp³-hybridized carbons (Fsp3) is 0.0588. The van der Waals surface area contributed by atoms with Gasteiger partial charge in [-0.05, 0) is 35.4 Å². The summed E-state index contributed by atoms with van der Waals surface area (Å²) in [4.78, 5) is 12.1. The molecule has 4 nitrogen and oxygen atoms in total. The molecule has 1 N–H and O–H groups in total. The number of nitrogens with one attached hydrogen (secondary N) is 1. The van der Waals surface area contributed by atoms with Crippen LogP contribution in [0, 0.1) is 5.82 Å². The van der Waals surface area contributed by atoms with E-state index in [9.17, 15) is 9.18 Å². The molecule has 1 aromatic heterocycles. The van der Waals surface area contributed by atoms with Crippen LogP contribution in [0.5, 0.6) is 0 Å². The molecule has 1 amide bonds. The summed E-state index contributed by atoms with van der Waals surface area (Å²) in [5, 5.41) is 7.01. The van der Waals surface area contributed by atoms with E-state index in [1.807, 2.05) is 12.1 Å². The molecular weight excluding hydrogens is 319 g/mol. The van der Waals surface area contributed by atoms with Crippen LogP contribution in [0.3, 0.4) is 0 Å². The number of carbonyl (C=O) groups excluding carboxylic acids is 1. The lowest BCUT2D eigenvalue weighted by Crippen LogP contribution is -2.14. The largest absolute Gasteiger partial charge is 0.338 e. The van der Waals surface area contributed by atoms with Crippen molar-refractivity contribution in [3.8, 4) is 11.1 Å². The molecule has 6 heteroatoms. The standard InChI is InChI=1S/C17H12ClFN2O2/c18-13-5-3-12(4-6-13)15-10-20-23-17(15)21-16(22)9-11-1-7-14(19)8-2-11/h1-8,10H,9H2,(H,21,22). The Hall–Kier alpha value is -2.66. The van der Waals surface area contributed by atoms with Gasteiger partial charge in [-0.15, -0.1) is 0 Å². The van der Waals surface area contributed by atoms with Crippen LogP contribution >= 0.6 is 11.6 Å². The van der Waals surface area contributed by atoms with Gasteiger partial charge in [0.25, 0.3) is 0 Å². The minimum absolute atomic E-state index is 0.112. The summed E-state index contributed by atoms with van der Waals surface area (Å²) in [5.74, 6) is -0.350. The van der Waals surface area contributed by atoms with Crippen molar-refractivity contribution in [1.29, 1.82) is 0 Å². The van der Waals surface area contributed by atoms with Crippen molar-refractivity contribution in [1.82, 2.24) is 5.16 Å².